The van der Waals surface area contributed by atoms with Gasteiger partial charge in [-0.1, -0.05) is 0 Å². The molecule has 0 aromatic rings. The normalized spacial score (nSPS) is 46.4. The summed E-state index contributed by atoms with van der Waals surface area (Å²) in [7, 11) is 0. The van der Waals surface area contributed by atoms with E-state index in [1.54, 1.807) is 0 Å². The predicted octanol–water partition coefficient (Wildman–Crippen LogP) is -5.22. The first-order valence-electron chi connectivity index (χ1n) is 7.94. The van der Waals surface area contributed by atoms with Crippen molar-refractivity contribution in [3.05, 3.63) is 0 Å². The average molecular weight is 384 g/mol. The van der Waals surface area contributed by atoms with E-state index in [9.17, 15) is 35.4 Å². The fourth-order valence-electron chi connectivity index (χ4n) is 3.04. The summed E-state index contributed by atoms with van der Waals surface area (Å²) in [6, 6.07) is 0. The van der Waals surface area contributed by atoms with E-state index in [4.69, 9.17) is 24.4 Å². The maximum atomic E-state index is 11.0. The van der Waals surface area contributed by atoms with E-state index in [2.05, 4.69) is 0 Å². The smallest absolute Gasteiger partial charge is 0.335 e. The van der Waals surface area contributed by atoms with Gasteiger partial charge in [0.2, 0.25) is 0 Å². The third kappa shape index (κ3) is 3.84. The number of rotatable bonds is 7. The van der Waals surface area contributed by atoms with E-state index >= 15 is 0 Å². The minimum Gasteiger partial charge on any atom is -0.479 e. The van der Waals surface area contributed by atoms with Crippen molar-refractivity contribution >= 4 is 5.97 Å². The topological polar surface area (TPSA) is 207 Å². The van der Waals surface area contributed by atoms with E-state index in [-0.39, 0.29) is 0 Å². The predicted molar refractivity (Wildman–Crippen MR) is 78.9 cm³/mol. The number of carbonyl (C=O) groups is 1. The Labute approximate surface area is 147 Å². The number of carboxylic acid groups (broad SMARTS) is 1. The molecule has 12 heteroatoms. The molecule has 0 bridgehead atoms. The molecule has 2 heterocycles. The monoisotopic (exact) mass is 384 g/mol. The van der Waals surface area contributed by atoms with Crippen LogP contribution >= 0.6 is 0 Å². The van der Waals surface area contributed by atoms with Gasteiger partial charge in [-0.05, 0) is 0 Å². The van der Waals surface area contributed by atoms with Crippen LogP contribution in [0.25, 0.3) is 0 Å². The first kappa shape index (κ1) is 21.4. The van der Waals surface area contributed by atoms with Crippen LogP contribution in [0.4, 0.5) is 0 Å². The van der Waals surface area contributed by atoms with Crippen LogP contribution in [0.1, 0.15) is 0 Å². The van der Waals surface area contributed by atoms with Crippen molar-refractivity contribution in [3.63, 3.8) is 0 Å². The molecule has 2 fully saturated rings. The molecular weight excluding hydrogens is 360 g/mol. The van der Waals surface area contributed by atoms with E-state index in [1.165, 1.54) is 0 Å². The van der Waals surface area contributed by atoms with E-state index in [1.807, 2.05) is 0 Å². The summed E-state index contributed by atoms with van der Waals surface area (Å²) >= 11 is 0. The minimum absolute atomic E-state index is 0.466. The van der Waals surface area contributed by atoms with Crippen LogP contribution in [0.3, 0.4) is 0 Å². The summed E-state index contributed by atoms with van der Waals surface area (Å²) in [5.41, 5.74) is -1.74. The first-order valence-corrected chi connectivity index (χ1v) is 7.94. The van der Waals surface area contributed by atoms with Gasteiger partial charge in [-0.2, -0.15) is 0 Å². The summed E-state index contributed by atoms with van der Waals surface area (Å²) in [6.45, 7) is -2.31. The Bertz CT molecular complexity index is 489. The lowest BCUT2D eigenvalue weighted by Crippen LogP contribution is -2.61. The molecule has 2 saturated heterocycles. The minimum atomic E-state index is -1.83. The molecule has 152 valence electrons. The molecule has 0 aromatic heterocycles. The molecule has 0 aromatic carbocycles. The quantitative estimate of drug-likeness (QED) is 0.207. The highest BCUT2D eigenvalue weighted by atomic mass is 16.6. The van der Waals surface area contributed by atoms with Gasteiger partial charge in [0.05, 0.1) is 26.4 Å². The SMILES string of the molecule is O=C(O)C1O[C@@H](COC[C@]2(CO)O[C@@H](CO)C(O)[C@H]2O)C(O)[C@@H](O)[C@H]1O. The van der Waals surface area contributed by atoms with Gasteiger partial charge in [-0.15, -0.1) is 0 Å². The van der Waals surface area contributed by atoms with Crippen LogP contribution in [-0.4, -0.2) is 128 Å². The van der Waals surface area contributed by atoms with Crippen molar-refractivity contribution in [2.75, 3.05) is 26.4 Å². The molecule has 0 amide bonds. The van der Waals surface area contributed by atoms with Gasteiger partial charge in [0.25, 0.3) is 0 Å². The van der Waals surface area contributed by atoms with Gasteiger partial charge < -0.3 is 55.1 Å². The summed E-state index contributed by atoms with van der Waals surface area (Å²) in [5, 5.41) is 76.6. The summed E-state index contributed by atoms with van der Waals surface area (Å²) in [6.07, 6.45) is -12.5. The number of ether oxygens (including phenoxy) is 3. The van der Waals surface area contributed by atoms with Gasteiger partial charge in [0.1, 0.15) is 48.3 Å². The van der Waals surface area contributed by atoms with Crippen LogP contribution in [0.2, 0.25) is 0 Å². The fourth-order valence-corrected chi connectivity index (χ4v) is 3.04. The van der Waals surface area contributed by atoms with Crippen molar-refractivity contribution in [1.82, 2.24) is 0 Å². The Morgan fingerprint density at radius 1 is 0.962 bits per heavy atom. The van der Waals surface area contributed by atoms with Crippen LogP contribution < -0.4 is 0 Å². The summed E-state index contributed by atoms with van der Waals surface area (Å²) in [4.78, 5) is 11.0. The van der Waals surface area contributed by atoms with Crippen molar-refractivity contribution in [2.45, 2.75) is 54.4 Å². The number of aliphatic hydroxyl groups excluding tert-OH is 7. The Hall–Kier alpha value is -0.930. The Kier molecular flexibility index (Phi) is 6.90. The van der Waals surface area contributed by atoms with Crippen LogP contribution in [0.15, 0.2) is 0 Å². The molecule has 26 heavy (non-hydrogen) atoms. The largest absolute Gasteiger partial charge is 0.479 e. The van der Waals surface area contributed by atoms with Crippen LogP contribution in [0, 0.1) is 0 Å². The molecule has 2 rings (SSSR count). The molecule has 0 spiro atoms. The second kappa shape index (κ2) is 8.39. The molecule has 12 nitrogen and oxygen atoms in total. The van der Waals surface area contributed by atoms with E-state index in [0.29, 0.717) is 0 Å². The molecule has 8 N–H and O–H groups in total. The molecule has 0 saturated carbocycles. The molecule has 2 aliphatic rings. The number of carboxylic acids is 1. The summed E-state index contributed by atoms with van der Waals surface area (Å²) in [5.74, 6) is -1.54. The van der Waals surface area contributed by atoms with Crippen molar-refractivity contribution in [3.8, 4) is 0 Å². The number of aliphatic carboxylic acids is 1. The molecule has 0 aliphatic carbocycles. The van der Waals surface area contributed by atoms with Gasteiger partial charge in [0.15, 0.2) is 6.10 Å². The average Bonchev–Trinajstić information content (AvgIpc) is 2.86. The van der Waals surface area contributed by atoms with Crippen molar-refractivity contribution < 1.29 is 59.9 Å². The lowest BCUT2D eigenvalue weighted by Gasteiger charge is -2.39. The van der Waals surface area contributed by atoms with Crippen molar-refractivity contribution in [1.29, 1.82) is 0 Å². The van der Waals surface area contributed by atoms with Gasteiger partial charge in [-0.25, -0.2) is 4.79 Å². The van der Waals surface area contributed by atoms with Crippen molar-refractivity contribution in [2.24, 2.45) is 0 Å². The molecular formula is C14H24O12. The molecule has 9 atom stereocenters. The summed E-state index contributed by atoms with van der Waals surface area (Å²) < 4.78 is 15.5. The number of aliphatic hydroxyl groups is 7. The zero-order chi connectivity index (χ0) is 19.6. The molecule has 0 radical (unpaired) electrons. The first-order chi connectivity index (χ1) is 12.2. The molecule has 2 aliphatic heterocycles. The third-order valence-corrected chi connectivity index (χ3v) is 4.66. The van der Waals surface area contributed by atoms with Crippen LogP contribution in [-0.2, 0) is 19.0 Å². The zero-order valence-electron chi connectivity index (χ0n) is 13.7. The molecule has 3 unspecified atom stereocenters. The second-order valence-electron chi connectivity index (χ2n) is 6.42. The lowest BCUT2D eigenvalue weighted by molar-refractivity contribution is -0.240. The van der Waals surface area contributed by atoms with Gasteiger partial charge in [0, 0.05) is 0 Å². The van der Waals surface area contributed by atoms with Gasteiger partial charge in [-0.3, -0.25) is 0 Å². The fraction of sp³-hybridized carbons (Fsp3) is 0.929. The Morgan fingerprint density at radius 3 is 2.12 bits per heavy atom. The highest BCUT2D eigenvalue weighted by molar-refractivity contribution is 5.73. The number of hydrogen-bond acceptors (Lipinski definition) is 11. The second-order valence-corrected chi connectivity index (χ2v) is 6.42. The lowest BCUT2D eigenvalue weighted by atomic mass is 9.94. The highest BCUT2D eigenvalue weighted by Gasteiger charge is 2.54. The zero-order valence-corrected chi connectivity index (χ0v) is 13.7. The standard InChI is InChI=1S/C14H24O12/c15-1-5-8(18)12(21)14(3-16,26-5)4-24-2-6-7(17)9(19)10(20)11(25-6)13(22)23/h5-12,15-21H,1-4H2,(H,22,23)/t5-,6-,7?,8?,9+,10+,11?,12+,14-/m0/s1. The maximum absolute atomic E-state index is 11.0. The third-order valence-electron chi connectivity index (χ3n) is 4.66. The van der Waals surface area contributed by atoms with Crippen LogP contribution in [0.5, 0.6) is 0 Å². The maximum Gasteiger partial charge on any atom is 0.335 e. The Balaban J connectivity index is 1.98. The number of hydrogen-bond donors (Lipinski definition) is 8. The van der Waals surface area contributed by atoms with Gasteiger partial charge >= 0.3 is 5.97 Å². The van der Waals surface area contributed by atoms with E-state index in [0.717, 1.165) is 0 Å². The highest BCUT2D eigenvalue weighted by Crippen LogP contribution is 2.32. The Morgan fingerprint density at radius 2 is 1.62 bits per heavy atom. The van der Waals surface area contributed by atoms with E-state index < -0.39 is 86.8 Å².